The van der Waals surface area contributed by atoms with Crippen molar-refractivity contribution in [1.82, 2.24) is 4.90 Å². The minimum absolute atomic E-state index is 0.0275. The van der Waals surface area contributed by atoms with Crippen molar-refractivity contribution in [2.45, 2.75) is 18.9 Å². The van der Waals surface area contributed by atoms with E-state index in [9.17, 15) is 18.4 Å². The van der Waals surface area contributed by atoms with Crippen LogP contribution in [0.25, 0.3) is 0 Å². The van der Waals surface area contributed by atoms with Gasteiger partial charge < -0.3 is 14.6 Å². The van der Waals surface area contributed by atoms with Gasteiger partial charge in [-0.05, 0) is 65.6 Å². The number of carboxylic acids is 1. The summed E-state index contributed by atoms with van der Waals surface area (Å²) in [5, 5.41) is 9.42. The second-order valence-corrected chi connectivity index (χ2v) is 8.48. The number of carbonyl (C=O) groups is 2. The van der Waals surface area contributed by atoms with E-state index < -0.39 is 30.5 Å². The van der Waals surface area contributed by atoms with Crippen molar-refractivity contribution in [1.29, 1.82) is 0 Å². The highest BCUT2D eigenvalue weighted by molar-refractivity contribution is 6.30. The second-order valence-electron chi connectivity index (χ2n) is 8.05. The largest absolute Gasteiger partial charge is 0.482 e. The zero-order valence-corrected chi connectivity index (χ0v) is 19.3. The number of aliphatic carboxylic acids is 1. The summed E-state index contributed by atoms with van der Waals surface area (Å²) < 4.78 is 38.4. The van der Waals surface area contributed by atoms with Crippen LogP contribution in [0.4, 0.5) is 13.6 Å². The van der Waals surface area contributed by atoms with E-state index in [4.69, 9.17) is 26.2 Å². The van der Waals surface area contributed by atoms with Crippen LogP contribution >= 0.6 is 11.6 Å². The first-order valence-corrected chi connectivity index (χ1v) is 11.3. The molecule has 1 atom stereocenters. The number of ether oxygens (including phenoxy) is 2. The van der Waals surface area contributed by atoms with E-state index in [1.807, 2.05) is 0 Å². The Labute approximate surface area is 205 Å². The standard InChI is InChI=1S/C26H22ClF2NO5/c27-18-4-7-23(35-15-24(31)32)22(14-18)25-21-6-5-20(29)13-17(21)8-10-30(25)26(33)34-11-9-16-2-1-3-19(28)12-16/h1-7,12-14,25H,8-11,15H2,(H,31,32). The Morgan fingerprint density at radius 1 is 1.03 bits per heavy atom. The topological polar surface area (TPSA) is 76.1 Å². The number of carbonyl (C=O) groups excluding carboxylic acids is 1. The van der Waals surface area contributed by atoms with E-state index in [0.29, 0.717) is 40.1 Å². The van der Waals surface area contributed by atoms with Crippen LogP contribution < -0.4 is 4.74 Å². The molecule has 3 aromatic carbocycles. The van der Waals surface area contributed by atoms with E-state index in [1.54, 1.807) is 30.3 Å². The molecule has 0 radical (unpaired) electrons. The first-order chi connectivity index (χ1) is 16.8. The molecule has 0 aliphatic carbocycles. The molecular formula is C26H22ClF2NO5. The third-order valence-electron chi connectivity index (χ3n) is 5.69. The third kappa shape index (κ3) is 5.89. The monoisotopic (exact) mass is 501 g/mol. The molecule has 1 N–H and O–H groups in total. The van der Waals surface area contributed by atoms with Gasteiger partial charge in [-0.25, -0.2) is 18.4 Å². The van der Waals surface area contributed by atoms with Crippen molar-refractivity contribution in [3.63, 3.8) is 0 Å². The van der Waals surface area contributed by atoms with Crippen molar-refractivity contribution >= 4 is 23.7 Å². The van der Waals surface area contributed by atoms with Gasteiger partial charge >= 0.3 is 12.1 Å². The van der Waals surface area contributed by atoms with Gasteiger partial charge in [0.2, 0.25) is 0 Å². The lowest BCUT2D eigenvalue weighted by molar-refractivity contribution is -0.139. The Morgan fingerprint density at radius 3 is 2.60 bits per heavy atom. The molecule has 1 aliphatic rings. The maximum absolute atomic E-state index is 13.9. The van der Waals surface area contributed by atoms with Crippen LogP contribution in [0.2, 0.25) is 5.02 Å². The zero-order chi connectivity index (χ0) is 24.9. The van der Waals surface area contributed by atoms with E-state index >= 15 is 0 Å². The minimum atomic E-state index is -1.16. The predicted molar refractivity (Wildman–Crippen MR) is 125 cm³/mol. The summed E-state index contributed by atoms with van der Waals surface area (Å²) in [5.41, 5.74) is 2.51. The van der Waals surface area contributed by atoms with Gasteiger partial charge in [-0.15, -0.1) is 0 Å². The van der Waals surface area contributed by atoms with Crippen LogP contribution in [-0.2, 0) is 22.4 Å². The number of hydrogen-bond acceptors (Lipinski definition) is 4. The maximum atomic E-state index is 13.9. The number of benzene rings is 3. The zero-order valence-electron chi connectivity index (χ0n) is 18.5. The fourth-order valence-electron chi connectivity index (χ4n) is 4.16. The number of nitrogens with zero attached hydrogens (tertiary/aromatic N) is 1. The fraction of sp³-hybridized carbons (Fsp3) is 0.231. The molecule has 1 heterocycles. The molecule has 182 valence electrons. The Kier molecular flexibility index (Phi) is 7.51. The molecule has 0 spiro atoms. The lowest BCUT2D eigenvalue weighted by Gasteiger charge is -2.37. The summed E-state index contributed by atoms with van der Waals surface area (Å²) in [5.74, 6) is -1.70. The van der Waals surface area contributed by atoms with Crippen LogP contribution in [0, 0.1) is 11.6 Å². The predicted octanol–water partition coefficient (Wildman–Crippen LogP) is 5.41. The van der Waals surface area contributed by atoms with Gasteiger partial charge in [-0.1, -0.05) is 29.8 Å². The van der Waals surface area contributed by atoms with E-state index in [0.717, 1.165) is 0 Å². The van der Waals surface area contributed by atoms with Crippen molar-refractivity contribution in [2.75, 3.05) is 19.8 Å². The van der Waals surface area contributed by atoms with E-state index in [-0.39, 0.29) is 24.7 Å². The van der Waals surface area contributed by atoms with Crippen LogP contribution in [0.5, 0.6) is 5.75 Å². The molecule has 0 bridgehead atoms. The highest BCUT2D eigenvalue weighted by atomic mass is 35.5. The molecule has 1 amide bonds. The average Bonchev–Trinajstić information content (AvgIpc) is 2.82. The SMILES string of the molecule is O=C(O)COc1ccc(Cl)cc1C1c2ccc(F)cc2CCN1C(=O)OCCc1cccc(F)c1. The number of fused-ring (bicyclic) bond motifs is 1. The van der Waals surface area contributed by atoms with Crippen molar-refractivity contribution in [2.24, 2.45) is 0 Å². The summed E-state index contributed by atoms with van der Waals surface area (Å²) in [6.45, 7) is -0.333. The van der Waals surface area contributed by atoms with Gasteiger partial charge in [0.15, 0.2) is 6.61 Å². The van der Waals surface area contributed by atoms with Gasteiger partial charge in [-0.2, -0.15) is 0 Å². The van der Waals surface area contributed by atoms with Gasteiger partial charge in [-0.3, -0.25) is 4.90 Å². The number of halogens is 3. The average molecular weight is 502 g/mol. The fourth-order valence-corrected chi connectivity index (χ4v) is 4.34. The number of rotatable bonds is 7. The maximum Gasteiger partial charge on any atom is 0.410 e. The Bertz CT molecular complexity index is 1250. The van der Waals surface area contributed by atoms with Crippen LogP contribution in [0.3, 0.4) is 0 Å². The van der Waals surface area contributed by atoms with Gasteiger partial charge in [0.25, 0.3) is 0 Å². The van der Waals surface area contributed by atoms with Crippen molar-refractivity contribution in [3.05, 3.63) is 99.6 Å². The highest BCUT2D eigenvalue weighted by Gasteiger charge is 2.35. The molecule has 0 aromatic heterocycles. The normalized spacial score (nSPS) is 14.8. The van der Waals surface area contributed by atoms with Crippen molar-refractivity contribution < 1.29 is 33.0 Å². The van der Waals surface area contributed by atoms with Crippen molar-refractivity contribution in [3.8, 4) is 5.75 Å². The smallest absolute Gasteiger partial charge is 0.410 e. The lowest BCUT2D eigenvalue weighted by Crippen LogP contribution is -2.41. The molecule has 9 heteroatoms. The molecule has 6 nitrogen and oxygen atoms in total. The highest BCUT2D eigenvalue weighted by Crippen LogP contribution is 2.41. The molecule has 3 aromatic rings. The molecule has 1 unspecified atom stereocenters. The number of carboxylic acid groups (broad SMARTS) is 1. The summed E-state index contributed by atoms with van der Waals surface area (Å²) in [4.78, 5) is 25.7. The first-order valence-electron chi connectivity index (χ1n) is 10.9. The summed E-state index contributed by atoms with van der Waals surface area (Å²) in [6.07, 6.45) is 0.105. The van der Waals surface area contributed by atoms with Gasteiger partial charge in [0, 0.05) is 23.6 Å². The second kappa shape index (κ2) is 10.7. The van der Waals surface area contributed by atoms with Crippen LogP contribution in [-0.4, -0.2) is 41.8 Å². The lowest BCUT2D eigenvalue weighted by atomic mass is 9.88. The van der Waals surface area contributed by atoms with Crippen LogP contribution in [0.1, 0.15) is 28.3 Å². The molecule has 4 rings (SSSR count). The molecule has 35 heavy (non-hydrogen) atoms. The Morgan fingerprint density at radius 2 is 1.83 bits per heavy atom. The minimum Gasteiger partial charge on any atom is -0.482 e. The molecular weight excluding hydrogens is 480 g/mol. The Hall–Kier alpha value is -3.65. The quantitative estimate of drug-likeness (QED) is 0.468. The van der Waals surface area contributed by atoms with E-state index in [1.165, 1.54) is 35.2 Å². The van der Waals surface area contributed by atoms with Crippen LogP contribution in [0.15, 0.2) is 60.7 Å². The molecule has 0 saturated heterocycles. The molecule has 0 saturated carbocycles. The summed E-state index contributed by atoms with van der Waals surface area (Å²) in [7, 11) is 0. The molecule has 0 fully saturated rings. The Balaban J connectivity index is 1.64. The number of hydrogen-bond donors (Lipinski definition) is 1. The first kappa shape index (κ1) is 24.5. The third-order valence-corrected chi connectivity index (χ3v) is 5.93. The summed E-state index contributed by atoms with van der Waals surface area (Å²) in [6, 6.07) is 14.3. The van der Waals surface area contributed by atoms with E-state index in [2.05, 4.69) is 0 Å². The van der Waals surface area contributed by atoms with Gasteiger partial charge in [0.1, 0.15) is 17.4 Å². The van der Waals surface area contributed by atoms with Gasteiger partial charge in [0.05, 0.1) is 12.6 Å². The summed E-state index contributed by atoms with van der Waals surface area (Å²) >= 11 is 6.25. The number of amides is 1. The molecule has 1 aliphatic heterocycles.